The Morgan fingerprint density at radius 1 is 1.26 bits per heavy atom. The molecule has 0 aliphatic carbocycles. The van der Waals surface area contributed by atoms with Gasteiger partial charge in [-0.25, -0.2) is 0 Å². The van der Waals surface area contributed by atoms with Gasteiger partial charge in [0.25, 0.3) is 0 Å². The topological polar surface area (TPSA) is 58.1 Å². The zero-order valence-corrected chi connectivity index (χ0v) is 18.3. The number of methoxy groups -OCH3 is 1. The second kappa shape index (κ2) is 12.9. The molecule has 0 aliphatic rings. The summed E-state index contributed by atoms with van der Waals surface area (Å²) >= 11 is 0. The highest BCUT2D eigenvalue weighted by molar-refractivity contribution is 14.0. The maximum atomic E-state index is 12.3. The van der Waals surface area contributed by atoms with Crippen LogP contribution in [0.4, 0.5) is 13.2 Å². The van der Waals surface area contributed by atoms with Gasteiger partial charge in [-0.05, 0) is 26.1 Å². The number of guanidine groups is 1. The van der Waals surface area contributed by atoms with E-state index in [2.05, 4.69) is 15.6 Å². The summed E-state index contributed by atoms with van der Waals surface area (Å²) in [6, 6.07) is 7.30. The molecule has 0 radical (unpaired) electrons. The Balaban J connectivity index is 0.00000676. The molecule has 0 heterocycles. The minimum atomic E-state index is -4.19. The van der Waals surface area contributed by atoms with Crippen molar-refractivity contribution in [3.05, 3.63) is 24.3 Å². The number of halogens is 4. The molecule has 0 saturated heterocycles. The fourth-order valence-electron chi connectivity index (χ4n) is 2.16. The van der Waals surface area contributed by atoms with E-state index in [9.17, 15) is 13.2 Å². The lowest BCUT2D eigenvalue weighted by Crippen LogP contribution is -2.44. The predicted octanol–water partition coefficient (Wildman–Crippen LogP) is 2.74. The first-order valence-corrected chi connectivity index (χ1v) is 8.24. The van der Waals surface area contributed by atoms with E-state index in [-0.39, 0.29) is 36.6 Å². The number of likely N-dealkylation sites (N-methyl/N-ethyl adjacent to an activating group) is 1. The van der Waals surface area contributed by atoms with Crippen molar-refractivity contribution < 1.29 is 22.6 Å². The van der Waals surface area contributed by atoms with Crippen molar-refractivity contribution in [2.45, 2.75) is 19.2 Å². The monoisotopic (exact) mass is 504 g/mol. The highest BCUT2D eigenvalue weighted by Crippen LogP contribution is 2.19. The van der Waals surface area contributed by atoms with Gasteiger partial charge in [-0.1, -0.05) is 6.07 Å². The molecular weight excluding hydrogens is 476 g/mol. The number of hydrogen-bond acceptors (Lipinski definition) is 4. The average molecular weight is 504 g/mol. The van der Waals surface area contributed by atoms with E-state index in [0.717, 1.165) is 0 Å². The Morgan fingerprint density at radius 3 is 2.52 bits per heavy atom. The molecule has 156 valence electrons. The van der Waals surface area contributed by atoms with Crippen LogP contribution in [0.3, 0.4) is 0 Å². The molecule has 0 fully saturated rings. The van der Waals surface area contributed by atoms with E-state index in [0.29, 0.717) is 30.5 Å². The summed E-state index contributed by atoms with van der Waals surface area (Å²) in [4.78, 5) is 5.25. The van der Waals surface area contributed by atoms with Gasteiger partial charge in [0.2, 0.25) is 0 Å². The van der Waals surface area contributed by atoms with Crippen molar-refractivity contribution in [2.75, 3.05) is 47.4 Å². The van der Waals surface area contributed by atoms with E-state index < -0.39 is 12.7 Å². The van der Waals surface area contributed by atoms with Crippen molar-refractivity contribution in [1.29, 1.82) is 0 Å². The van der Waals surface area contributed by atoms with Gasteiger partial charge in [0.05, 0.1) is 20.2 Å². The van der Waals surface area contributed by atoms with Gasteiger partial charge in [0.1, 0.15) is 17.6 Å². The van der Waals surface area contributed by atoms with Crippen molar-refractivity contribution in [2.24, 2.45) is 4.99 Å². The minimum absolute atomic E-state index is 0. The van der Waals surface area contributed by atoms with Crippen LogP contribution in [0.25, 0.3) is 0 Å². The van der Waals surface area contributed by atoms with Crippen molar-refractivity contribution in [3.63, 3.8) is 0 Å². The highest BCUT2D eigenvalue weighted by Gasteiger charge is 2.28. The molecule has 0 saturated carbocycles. The van der Waals surface area contributed by atoms with Crippen molar-refractivity contribution in [3.8, 4) is 11.5 Å². The third kappa shape index (κ3) is 11.8. The quantitative estimate of drug-likeness (QED) is 0.308. The number of benzene rings is 1. The number of hydrogen-bond donors (Lipinski definition) is 2. The third-order valence-corrected chi connectivity index (χ3v) is 3.39. The average Bonchev–Trinajstić information content (AvgIpc) is 2.56. The molecule has 1 unspecified atom stereocenters. The van der Waals surface area contributed by atoms with Gasteiger partial charge in [-0.15, -0.1) is 24.0 Å². The molecule has 10 heteroatoms. The van der Waals surface area contributed by atoms with E-state index in [4.69, 9.17) is 9.47 Å². The van der Waals surface area contributed by atoms with Crippen LogP contribution < -0.4 is 20.1 Å². The molecule has 0 spiro atoms. The van der Waals surface area contributed by atoms with Crippen LogP contribution in [0.15, 0.2) is 29.3 Å². The van der Waals surface area contributed by atoms with Crippen LogP contribution in [0, 0.1) is 0 Å². The summed E-state index contributed by atoms with van der Waals surface area (Å²) in [5.41, 5.74) is 0. The number of rotatable bonds is 9. The van der Waals surface area contributed by atoms with Gasteiger partial charge < -0.3 is 20.1 Å². The number of nitrogens with one attached hydrogen (secondary N) is 2. The molecule has 27 heavy (non-hydrogen) atoms. The lowest BCUT2D eigenvalue weighted by Gasteiger charge is -2.20. The maximum Gasteiger partial charge on any atom is 0.401 e. The standard InChI is InChI=1S/C17H27F3N4O2.HI/c1-13(26-15-7-5-6-14(10-15)25-4)11-23-16(21-2)22-8-9-24(3)12-17(18,19)20;/h5-7,10,13H,8-9,11-12H2,1-4H3,(H2,21,22,23);1H. The maximum absolute atomic E-state index is 12.3. The molecule has 0 aromatic heterocycles. The Kier molecular flexibility index (Phi) is 12.2. The van der Waals surface area contributed by atoms with Gasteiger partial charge in [0.15, 0.2) is 5.96 Å². The summed E-state index contributed by atoms with van der Waals surface area (Å²) in [7, 11) is 4.61. The summed E-state index contributed by atoms with van der Waals surface area (Å²) in [6.45, 7) is 2.03. The first-order valence-electron chi connectivity index (χ1n) is 8.24. The van der Waals surface area contributed by atoms with Crippen molar-refractivity contribution >= 4 is 29.9 Å². The van der Waals surface area contributed by atoms with Gasteiger partial charge >= 0.3 is 6.18 Å². The lowest BCUT2D eigenvalue weighted by molar-refractivity contribution is -0.142. The lowest BCUT2D eigenvalue weighted by atomic mass is 10.3. The first-order chi connectivity index (χ1) is 12.2. The van der Waals surface area contributed by atoms with E-state index >= 15 is 0 Å². The molecule has 1 aromatic carbocycles. The number of ether oxygens (including phenoxy) is 2. The molecule has 0 amide bonds. The molecule has 0 aliphatic heterocycles. The minimum Gasteiger partial charge on any atom is -0.497 e. The number of nitrogens with zero attached hydrogens (tertiary/aromatic N) is 2. The zero-order chi connectivity index (χ0) is 19.6. The van der Waals surface area contributed by atoms with Crippen molar-refractivity contribution in [1.82, 2.24) is 15.5 Å². The predicted molar refractivity (Wildman–Crippen MR) is 111 cm³/mol. The molecular formula is C17H28F3IN4O2. The van der Waals surface area contributed by atoms with Gasteiger partial charge in [0, 0.05) is 26.2 Å². The zero-order valence-electron chi connectivity index (χ0n) is 16.0. The Labute approximate surface area is 175 Å². The van der Waals surface area contributed by atoms with Crippen LogP contribution in [-0.2, 0) is 0 Å². The normalized spacial score (nSPS) is 13.0. The third-order valence-electron chi connectivity index (χ3n) is 3.39. The van der Waals surface area contributed by atoms with Crippen LogP contribution in [-0.4, -0.2) is 70.5 Å². The van der Waals surface area contributed by atoms with Crippen LogP contribution >= 0.6 is 24.0 Å². The fraction of sp³-hybridized carbons (Fsp3) is 0.588. The Bertz CT molecular complexity index is 573. The van der Waals surface area contributed by atoms with E-state index in [1.54, 1.807) is 20.2 Å². The van der Waals surface area contributed by atoms with Crippen LogP contribution in [0.1, 0.15) is 6.92 Å². The first kappa shape index (κ1) is 25.6. The molecule has 6 nitrogen and oxygen atoms in total. The molecule has 2 N–H and O–H groups in total. The summed E-state index contributed by atoms with van der Waals surface area (Å²) < 4.78 is 47.8. The summed E-state index contributed by atoms with van der Waals surface area (Å²) in [6.07, 6.45) is -4.34. The number of alkyl halides is 3. The second-order valence-corrected chi connectivity index (χ2v) is 5.84. The van der Waals surface area contributed by atoms with Gasteiger partial charge in [-0.3, -0.25) is 9.89 Å². The van der Waals surface area contributed by atoms with Crippen LogP contribution in [0.5, 0.6) is 11.5 Å². The SMILES string of the molecule is CN=C(NCCN(C)CC(F)(F)F)NCC(C)Oc1cccc(OC)c1.I. The fourth-order valence-corrected chi connectivity index (χ4v) is 2.16. The second-order valence-electron chi connectivity index (χ2n) is 5.84. The van der Waals surface area contributed by atoms with Gasteiger partial charge in [-0.2, -0.15) is 13.2 Å². The molecule has 1 rings (SSSR count). The summed E-state index contributed by atoms with van der Waals surface area (Å²) in [5, 5.41) is 6.06. The highest BCUT2D eigenvalue weighted by atomic mass is 127. The van der Waals surface area contributed by atoms with E-state index in [1.807, 2.05) is 25.1 Å². The largest absolute Gasteiger partial charge is 0.497 e. The molecule has 0 bridgehead atoms. The molecule has 1 aromatic rings. The Hall–Kier alpha value is -1.43. The smallest absolute Gasteiger partial charge is 0.401 e. The van der Waals surface area contributed by atoms with Crippen LogP contribution in [0.2, 0.25) is 0 Å². The van der Waals surface area contributed by atoms with E-state index in [1.165, 1.54) is 11.9 Å². The number of aliphatic imine (C=N–C) groups is 1. The summed E-state index contributed by atoms with van der Waals surface area (Å²) in [5.74, 6) is 1.91. The molecule has 1 atom stereocenters. The Morgan fingerprint density at radius 2 is 1.93 bits per heavy atom.